The van der Waals surface area contributed by atoms with Crippen LogP contribution in [0.3, 0.4) is 0 Å². The van der Waals surface area contributed by atoms with Crippen LogP contribution in [0.2, 0.25) is 0 Å². The Hall–Kier alpha value is -1.68. The van der Waals surface area contributed by atoms with Gasteiger partial charge in [0.15, 0.2) is 6.29 Å². The number of hydrogen-bond acceptors (Lipinski definition) is 3. The van der Waals surface area contributed by atoms with Crippen LogP contribution in [0.1, 0.15) is 23.0 Å². The van der Waals surface area contributed by atoms with E-state index in [-0.39, 0.29) is 12.4 Å². The molecule has 0 amide bonds. The van der Waals surface area contributed by atoms with Gasteiger partial charge in [0.1, 0.15) is 6.10 Å². The summed E-state index contributed by atoms with van der Waals surface area (Å²) < 4.78 is 17.3. The number of ether oxygens (including phenoxy) is 3. The van der Waals surface area contributed by atoms with E-state index in [9.17, 15) is 0 Å². The molecule has 3 heteroatoms. The maximum atomic E-state index is 5.84. The zero-order valence-corrected chi connectivity index (χ0v) is 12.2. The van der Waals surface area contributed by atoms with Gasteiger partial charge < -0.3 is 14.2 Å². The third-order valence-electron chi connectivity index (χ3n) is 3.55. The molecule has 0 aliphatic carbocycles. The van der Waals surface area contributed by atoms with Gasteiger partial charge >= 0.3 is 0 Å². The van der Waals surface area contributed by atoms with Crippen LogP contribution in [0.15, 0.2) is 54.6 Å². The fraction of sp³-hybridized carbons (Fsp3) is 0.333. The second-order valence-corrected chi connectivity index (χ2v) is 5.33. The topological polar surface area (TPSA) is 27.7 Å². The highest BCUT2D eigenvalue weighted by Crippen LogP contribution is 2.23. The Morgan fingerprint density at radius 1 is 0.952 bits per heavy atom. The summed E-state index contributed by atoms with van der Waals surface area (Å²) in [7, 11) is 0. The van der Waals surface area contributed by atoms with Gasteiger partial charge in [0.25, 0.3) is 0 Å². The summed E-state index contributed by atoms with van der Waals surface area (Å²) >= 11 is 0. The number of benzene rings is 2. The molecule has 1 aliphatic heterocycles. The van der Waals surface area contributed by atoms with Gasteiger partial charge in [-0.3, -0.25) is 0 Å². The zero-order chi connectivity index (χ0) is 14.5. The van der Waals surface area contributed by atoms with Crippen molar-refractivity contribution in [2.75, 3.05) is 13.2 Å². The van der Waals surface area contributed by atoms with Crippen LogP contribution >= 0.6 is 0 Å². The summed E-state index contributed by atoms with van der Waals surface area (Å²) in [6.45, 7) is 3.79. The Balaban J connectivity index is 1.47. The lowest BCUT2D eigenvalue weighted by molar-refractivity contribution is -0.232. The first-order chi connectivity index (χ1) is 10.3. The normalized spacial score (nSPS) is 22.1. The molecule has 0 spiro atoms. The smallest absolute Gasteiger partial charge is 0.184 e. The number of rotatable bonds is 4. The molecule has 21 heavy (non-hydrogen) atoms. The molecule has 1 aliphatic rings. The van der Waals surface area contributed by atoms with E-state index < -0.39 is 0 Å². The van der Waals surface area contributed by atoms with Crippen LogP contribution in [0.5, 0.6) is 0 Å². The molecule has 0 unspecified atom stereocenters. The molecule has 0 atom stereocenters. The Morgan fingerprint density at radius 3 is 2.29 bits per heavy atom. The third kappa shape index (κ3) is 3.91. The van der Waals surface area contributed by atoms with Crippen molar-refractivity contribution in [1.82, 2.24) is 0 Å². The summed E-state index contributed by atoms with van der Waals surface area (Å²) in [5.41, 5.74) is 3.48. The van der Waals surface area contributed by atoms with E-state index in [0.717, 1.165) is 5.56 Å². The van der Waals surface area contributed by atoms with E-state index >= 15 is 0 Å². The van der Waals surface area contributed by atoms with E-state index in [4.69, 9.17) is 14.2 Å². The summed E-state index contributed by atoms with van der Waals surface area (Å²) in [6.07, 6.45) is -0.281. The molecule has 0 saturated carbocycles. The Bertz CT molecular complexity index is 542. The van der Waals surface area contributed by atoms with Crippen molar-refractivity contribution in [3.63, 3.8) is 0 Å². The second-order valence-electron chi connectivity index (χ2n) is 5.33. The van der Waals surface area contributed by atoms with Crippen LogP contribution in [-0.4, -0.2) is 19.3 Å². The molecule has 1 fully saturated rings. The highest BCUT2D eigenvalue weighted by Gasteiger charge is 2.23. The van der Waals surface area contributed by atoms with E-state index in [1.54, 1.807) is 0 Å². The fourth-order valence-electron chi connectivity index (χ4n) is 2.28. The van der Waals surface area contributed by atoms with Crippen LogP contribution in [-0.2, 0) is 20.8 Å². The summed E-state index contributed by atoms with van der Waals surface area (Å²) in [5, 5.41) is 0. The average molecular weight is 284 g/mol. The molecule has 0 radical (unpaired) electrons. The quantitative estimate of drug-likeness (QED) is 0.858. The van der Waals surface area contributed by atoms with Crippen LogP contribution in [0, 0.1) is 6.92 Å². The molecule has 1 saturated heterocycles. The van der Waals surface area contributed by atoms with Gasteiger partial charge in [-0.2, -0.15) is 0 Å². The number of aryl methyl sites for hydroxylation is 1. The van der Waals surface area contributed by atoms with Crippen molar-refractivity contribution >= 4 is 0 Å². The van der Waals surface area contributed by atoms with Gasteiger partial charge in [-0.25, -0.2) is 0 Å². The Labute approximate surface area is 125 Å². The minimum Gasteiger partial charge on any atom is -0.369 e. The lowest BCUT2D eigenvalue weighted by atomic mass is 10.2. The van der Waals surface area contributed by atoms with E-state index in [1.165, 1.54) is 11.1 Å². The SMILES string of the molecule is Cc1ccc(CO[C@H]2CO[C@@H](c3ccccc3)OC2)cc1. The predicted octanol–water partition coefficient (Wildman–Crippen LogP) is 3.63. The first-order valence-corrected chi connectivity index (χ1v) is 7.26. The van der Waals surface area contributed by atoms with Crippen molar-refractivity contribution < 1.29 is 14.2 Å². The highest BCUT2D eigenvalue weighted by molar-refractivity contribution is 5.20. The van der Waals surface area contributed by atoms with Gasteiger partial charge in [0, 0.05) is 5.56 Å². The molecule has 3 nitrogen and oxygen atoms in total. The molecule has 110 valence electrons. The predicted molar refractivity (Wildman–Crippen MR) is 80.8 cm³/mol. The monoisotopic (exact) mass is 284 g/mol. The molecule has 1 heterocycles. The minimum atomic E-state index is -0.273. The Morgan fingerprint density at radius 2 is 1.62 bits per heavy atom. The molecule has 0 bridgehead atoms. The third-order valence-corrected chi connectivity index (χ3v) is 3.55. The molecule has 0 aromatic heterocycles. The van der Waals surface area contributed by atoms with Gasteiger partial charge in [-0.1, -0.05) is 60.2 Å². The molecular weight excluding hydrogens is 264 g/mol. The maximum Gasteiger partial charge on any atom is 0.184 e. The Kier molecular flexibility index (Phi) is 4.65. The van der Waals surface area contributed by atoms with Crippen LogP contribution in [0.25, 0.3) is 0 Å². The summed E-state index contributed by atoms with van der Waals surface area (Å²) in [6, 6.07) is 18.4. The van der Waals surface area contributed by atoms with Crippen LogP contribution in [0.4, 0.5) is 0 Å². The van der Waals surface area contributed by atoms with Crippen molar-refractivity contribution in [2.24, 2.45) is 0 Å². The first kappa shape index (κ1) is 14.3. The maximum absolute atomic E-state index is 5.84. The fourth-order valence-corrected chi connectivity index (χ4v) is 2.28. The molecular formula is C18H20O3. The van der Waals surface area contributed by atoms with E-state index in [2.05, 4.69) is 31.2 Å². The lowest BCUT2D eigenvalue weighted by Crippen LogP contribution is -2.33. The van der Waals surface area contributed by atoms with Crippen molar-refractivity contribution in [3.8, 4) is 0 Å². The minimum absolute atomic E-state index is 0.00809. The molecule has 2 aromatic carbocycles. The molecule has 2 aromatic rings. The van der Waals surface area contributed by atoms with Crippen molar-refractivity contribution in [2.45, 2.75) is 25.9 Å². The first-order valence-electron chi connectivity index (χ1n) is 7.26. The van der Waals surface area contributed by atoms with Gasteiger partial charge in [0.2, 0.25) is 0 Å². The lowest BCUT2D eigenvalue weighted by Gasteiger charge is -2.29. The van der Waals surface area contributed by atoms with Crippen LogP contribution < -0.4 is 0 Å². The highest BCUT2D eigenvalue weighted by atomic mass is 16.7. The standard InChI is InChI=1S/C18H20O3/c1-14-7-9-15(10-8-14)11-19-17-12-20-18(21-13-17)16-5-3-2-4-6-16/h2-10,17-18H,11-13H2,1H3/t17-,18+. The van der Waals surface area contributed by atoms with E-state index in [0.29, 0.717) is 19.8 Å². The largest absolute Gasteiger partial charge is 0.369 e. The molecule has 0 N–H and O–H groups in total. The van der Waals surface area contributed by atoms with Gasteiger partial charge in [0.05, 0.1) is 19.8 Å². The van der Waals surface area contributed by atoms with Crippen molar-refractivity contribution in [3.05, 3.63) is 71.3 Å². The van der Waals surface area contributed by atoms with Crippen molar-refractivity contribution in [1.29, 1.82) is 0 Å². The summed E-state index contributed by atoms with van der Waals surface area (Å²) in [5.74, 6) is 0. The van der Waals surface area contributed by atoms with Gasteiger partial charge in [-0.05, 0) is 12.5 Å². The second kappa shape index (κ2) is 6.85. The zero-order valence-electron chi connectivity index (χ0n) is 12.2. The summed E-state index contributed by atoms with van der Waals surface area (Å²) in [4.78, 5) is 0. The van der Waals surface area contributed by atoms with Gasteiger partial charge in [-0.15, -0.1) is 0 Å². The number of hydrogen-bond donors (Lipinski definition) is 0. The van der Waals surface area contributed by atoms with E-state index in [1.807, 2.05) is 30.3 Å². The average Bonchev–Trinajstić information content (AvgIpc) is 2.56. The molecule has 3 rings (SSSR count).